The van der Waals surface area contributed by atoms with Crippen LogP contribution in [0.2, 0.25) is 0 Å². The van der Waals surface area contributed by atoms with Crippen LogP contribution < -0.4 is 15.4 Å². The van der Waals surface area contributed by atoms with Gasteiger partial charge in [-0.1, -0.05) is 13.8 Å². The van der Waals surface area contributed by atoms with Crippen molar-refractivity contribution in [3.8, 4) is 17.2 Å². The van der Waals surface area contributed by atoms with Crippen molar-refractivity contribution in [2.24, 2.45) is 5.92 Å². The monoisotopic (exact) mass is 375 g/mol. The molecule has 1 aromatic carbocycles. The molecule has 0 saturated heterocycles. The highest BCUT2D eigenvalue weighted by Crippen LogP contribution is 2.34. The van der Waals surface area contributed by atoms with Gasteiger partial charge in [0.25, 0.3) is 0 Å². The van der Waals surface area contributed by atoms with Gasteiger partial charge in [0, 0.05) is 23.7 Å². The summed E-state index contributed by atoms with van der Waals surface area (Å²) in [5.74, 6) is 0.434. The van der Waals surface area contributed by atoms with E-state index in [0.717, 1.165) is 5.56 Å². The van der Waals surface area contributed by atoms with E-state index in [9.17, 15) is 9.59 Å². The molecule has 0 aliphatic carbocycles. The van der Waals surface area contributed by atoms with Crippen LogP contribution >= 0.6 is 0 Å². The summed E-state index contributed by atoms with van der Waals surface area (Å²) in [6, 6.07) is 3.32. The highest BCUT2D eigenvalue weighted by molar-refractivity contribution is 5.94. The molecule has 2 aromatic rings. The third-order valence-corrected chi connectivity index (χ3v) is 4.25. The second-order valence-corrected chi connectivity index (χ2v) is 6.38. The average molecular weight is 375 g/mol. The van der Waals surface area contributed by atoms with Crippen LogP contribution in [-0.2, 0) is 11.2 Å². The summed E-state index contributed by atoms with van der Waals surface area (Å²) in [6.07, 6.45) is 3.04. The lowest BCUT2D eigenvalue weighted by Gasteiger charge is -2.19. The third kappa shape index (κ3) is 5.22. The molecule has 0 aliphatic heterocycles. The summed E-state index contributed by atoms with van der Waals surface area (Å²) in [4.78, 5) is 27.4. The van der Waals surface area contributed by atoms with E-state index in [1.54, 1.807) is 33.2 Å². The normalized spacial score (nSPS) is 12.9. The Balaban J connectivity index is 2.20. The van der Waals surface area contributed by atoms with E-state index in [2.05, 4.69) is 15.6 Å². The first-order valence-corrected chi connectivity index (χ1v) is 8.76. The smallest absolute Gasteiger partial charge is 0.404 e. The molecule has 0 saturated carbocycles. The van der Waals surface area contributed by atoms with Crippen molar-refractivity contribution in [2.45, 2.75) is 39.7 Å². The van der Waals surface area contributed by atoms with Gasteiger partial charge >= 0.3 is 6.09 Å². The Hall–Kier alpha value is -3.03. The molecule has 8 nitrogen and oxygen atoms in total. The topological polar surface area (TPSA) is 114 Å². The van der Waals surface area contributed by atoms with Crippen LogP contribution in [-0.4, -0.2) is 35.2 Å². The van der Waals surface area contributed by atoms with E-state index in [4.69, 9.17) is 14.3 Å². The first kappa shape index (κ1) is 20.3. The molecule has 2 atom stereocenters. The number of ether oxygens (including phenoxy) is 1. The fraction of sp³-hybridized carbons (Fsp3) is 0.421. The minimum Gasteiger partial charge on any atom is -0.496 e. The van der Waals surface area contributed by atoms with Gasteiger partial charge < -0.3 is 24.9 Å². The number of methoxy groups -OCH3 is 1. The lowest BCUT2D eigenvalue weighted by molar-refractivity contribution is -0.119. The van der Waals surface area contributed by atoms with Gasteiger partial charge in [0.15, 0.2) is 0 Å². The maximum absolute atomic E-state index is 12.6. The Morgan fingerprint density at radius 2 is 2.07 bits per heavy atom. The second kappa shape index (κ2) is 9.07. The van der Waals surface area contributed by atoms with Gasteiger partial charge in [0.2, 0.25) is 11.8 Å². The number of carboxylic acid groups (broad SMARTS) is 1. The van der Waals surface area contributed by atoms with Gasteiger partial charge in [-0.2, -0.15) is 0 Å². The zero-order chi connectivity index (χ0) is 20.0. The summed E-state index contributed by atoms with van der Waals surface area (Å²) >= 11 is 0. The van der Waals surface area contributed by atoms with Crippen molar-refractivity contribution < 1.29 is 23.8 Å². The minimum absolute atomic E-state index is 0.185. The number of aryl methyl sites for hydroxylation is 1. The standard InChI is InChI=1S/C19H25N3O5/c1-5-13-9-14(18-20-6-7-27-18)16(26-4)10-15(13)22-17(23)11(2)8-12(3)21-19(24)25/h6-7,9-12,21H,5,8H2,1-4H3,(H,22,23)(H,24,25). The zero-order valence-electron chi connectivity index (χ0n) is 15.9. The lowest BCUT2D eigenvalue weighted by Crippen LogP contribution is -2.34. The summed E-state index contributed by atoms with van der Waals surface area (Å²) < 4.78 is 10.8. The predicted molar refractivity (Wildman–Crippen MR) is 101 cm³/mol. The number of anilines is 1. The molecule has 0 radical (unpaired) electrons. The Labute approximate surface area is 157 Å². The molecular formula is C19H25N3O5. The fourth-order valence-electron chi connectivity index (χ4n) is 2.89. The minimum atomic E-state index is -1.10. The van der Waals surface area contributed by atoms with Crippen LogP contribution in [0.3, 0.4) is 0 Å². The van der Waals surface area contributed by atoms with Crippen molar-refractivity contribution >= 4 is 17.7 Å². The van der Waals surface area contributed by atoms with Gasteiger partial charge in [-0.3, -0.25) is 4.79 Å². The van der Waals surface area contributed by atoms with E-state index in [1.165, 1.54) is 6.26 Å². The molecule has 1 aromatic heterocycles. The molecule has 0 aliphatic rings. The number of rotatable bonds is 8. The Morgan fingerprint density at radius 3 is 2.63 bits per heavy atom. The van der Waals surface area contributed by atoms with Crippen molar-refractivity contribution in [1.82, 2.24) is 10.3 Å². The summed E-state index contributed by atoms with van der Waals surface area (Å²) in [7, 11) is 1.54. The summed E-state index contributed by atoms with van der Waals surface area (Å²) in [6.45, 7) is 5.47. The number of nitrogens with one attached hydrogen (secondary N) is 2. The van der Waals surface area contributed by atoms with Gasteiger partial charge in [-0.05, 0) is 31.4 Å². The van der Waals surface area contributed by atoms with Gasteiger partial charge in [-0.25, -0.2) is 9.78 Å². The lowest BCUT2D eigenvalue weighted by atomic mass is 10.0. The van der Waals surface area contributed by atoms with Crippen LogP contribution in [0.4, 0.5) is 10.5 Å². The molecule has 8 heteroatoms. The number of aromatic nitrogens is 1. The van der Waals surface area contributed by atoms with Crippen molar-refractivity contribution in [3.05, 3.63) is 30.2 Å². The van der Waals surface area contributed by atoms with Crippen LogP contribution in [0.25, 0.3) is 11.5 Å². The maximum Gasteiger partial charge on any atom is 0.404 e. The molecule has 1 heterocycles. The quantitative estimate of drug-likeness (QED) is 0.650. The summed E-state index contributed by atoms with van der Waals surface area (Å²) in [5, 5.41) is 14.0. The number of amides is 2. The number of carbonyl (C=O) groups excluding carboxylic acids is 1. The molecule has 0 fully saturated rings. The van der Waals surface area contributed by atoms with Crippen molar-refractivity contribution in [3.63, 3.8) is 0 Å². The molecule has 2 amide bonds. The molecular weight excluding hydrogens is 350 g/mol. The van der Waals surface area contributed by atoms with Crippen molar-refractivity contribution in [2.75, 3.05) is 12.4 Å². The summed E-state index contributed by atoms with van der Waals surface area (Å²) in [5.41, 5.74) is 2.28. The van der Waals surface area contributed by atoms with E-state index in [0.29, 0.717) is 35.7 Å². The molecule has 0 bridgehead atoms. The van der Waals surface area contributed by atoms with Crippen LogP contribution in [0.5, 0.6) is 5.75 Å². The maximum atomic E-state index is 12.6. The zero-order valence-corrected chi connectivity index (χ0v) is 15.9. The molecule has 3 N–H and O–H groups in total. The number of oxazole rings is 1. The second-order valence-electron chi connectivity index (χ2n) is 6.38. The van der Waals surface area contributed by atoms with Crippen LogP contribution in [0, 0.1) is 5.92 Å². The molecule has 2 unspecified atom stereocenters. The number of hydrogen-bond acceptors (Lipinski definition) is 5. The first-order valence-electron chi connectivity index (χ1n) is 8.76. The van der Waals surface area contributed by atoms with Crippen LogP contribution in [0.1, 0.15) is 32.8 Å². The van der Waals surface area contributed by atoms with Crippen molar-refractivity contribution in [1.29, 1.82) is 0 Å². The number of hydrogen-bond donors (Lipinski definition) is 3. The number of benzene rings is 1. The van der Waals surface area contributed by atoms with Gasteiger partial charge in [0.1, 0.15) is 12.0 Å². The van der Waals surface area contributed by atoms with Crippen LogP contribution in [0.15, 0.2) is 29.0 Å². The Bertz CT molecular complexity index is 789. The SMILES string of the molecule is CCc1cc(-c2ncco2)c(OC)cc1NC(=O)C(C)CC(C)NC(=O)O. The molecule has 2 rings (SSSR count). The number of carbonyl (C=O) groups is 2. The highest BCUT2D eigenvalue weighted by Gasteiger charge is 2.20. The van der Waals surface area contributed by atoms with E-state index in [1.807, 2.05) is 13.0 Å². The third-order valence-electron chi connectivity index (χ3n) is 4.25. The largest absolute Gasteiger partial charge is 0.496 e. The Morgan fingerprint density at radius 1 is 1.33 bits per heavy atom. The molecule has 146 valence electrons. The molecule has 27 heavy (non-hydrogen) atoms. The highest BCUT2D eigenvalue weighted by atomic mass is 16.5. The van der Waals surface area contributed by atoms with E-state index in [-0.39, 0.29) is 17.9 Å². The van der Waals surface area contributed by atoms with Gasteiger partial charge in [0.05, 0.1) is 18.9 Å². The average Bonchev–Trinajstić information content (AvgIpc) is 3.14. The van der Waals surface area contributed by atoms with E-state index < -0.39 is 6.09 Å². The Kier molecular flexibility index (Phi) is 6.81. The van der Waals surface area contributed by atoms with Gasteiger partial charge in [-0.15, -0.1) is 0 Å². The molecule has 0 spiro atoms. The predicted octanol–water partition coefficient (Wildman–Crippen LogP) is 3.53. The fourth-order valence-corrected chi connectivity index (χ4v) is 2.89. The van der Waals surface area contributed by atoms with E-state index >= 15 is 0 Å². The first-order chi connectivity index (χ1) is 12.8. The number of nitrogens with zero attached hydrogens (tertiary/aromatic N) is 1.